The summed E-state index contributed by atoms with van der Waals surface area (Å²) in [5, 5.41) is 8.09. The van der Waals surface area contributed by atoms with E-state index in [0.29, 0.717) is 27.7 Å². The number of H-pyrrole nitrogens is 1. The molecule has 4 N–H and O–H groups in total. The Balaban J connectivity index is 1.77. The van der Waals surface area contributed by atoms with Crippen LogP contribution in [0.2, 0.25) is 5.02 Å². The van der Waals surface area contributed by atoms with Gasteiger partial charge in [0.25, 0.3) is 0 Å². The SMILES string of the molecule is C[C@@H]1C=C[C@H](C)[C@H](C(N)=O)[C@@H]1Nc1c(Cl)cnc2nc(-c3cnn(C)c3)[nH]c12. The molecule has 0 bridgehead atoms. The van der Waals surface area contributed by atoms with Crippen LogP contribution in [0.4, 0.5) is 5.69 Å². The van der Waals surface area contributed by atoms with Crippen molar-refractivity contribution >= 4 is 34.4 Å². The van der Waals surface area contributed by atoms with Crippen LogP contribution in [0.25, 0.3) is 22.6 Å². The molecule has 1 amide bonds. The van der Waals surface area contributed by atoms with Crippen molar-refractivity contribution in [2.24, 2.45) is 30.5 Å². The lowest BCUT2D eigenvalue weighted by atomic mass is 9.75. The number of fused-ring (bicyclic) bond motifs is 1. The topological polar surface area (TPSA) is 115 Å². The molecule has 3 heterocycles. The summed E-state index contributed by atoms with van der Waals surface area (Å²) in [6.45, 7) is 4.04. The van der Waals surface area contributed by atoms with Crippen LogP contribution in [-0.4, -0.2) is 36.7 Å². The fourth-order valence-electron chi connectivity index (χ4n) is 3.82. The number of allylic oxidation sites excluding steroid dienone is 1. The second-order valence-corrected chi connectivity index (χ2v) is 7.78. The summed E-state index contributed by atoms with van der Waals surface area (Å²) in [6.07, 6.45) is 9.30. The molecular formula is C19H22ClN7O. The van der Waals surface area contributed by atoms with Gasteiger partial charge in [-0.15, -0.1) is 0 Å². The van der Waals surface area contributed by atoms with Gasteiger partial charge in [-0.1, -0.05) is 37.6 Å². The fourth-order valence-corrected chi connectivity index (χ4v) is 4.02. The molecule has 0 saturated heterocycles. The number of nitrogens with two attached hydrogens (primary N) is 1. The van der Waals surface area contributed by atoms with E-state index in [1.807, 2.05) is 26.2 Å². The molecule has 9 heteroatoms. The van der Waals surface area contributed by atoms with E-state index >= 15 is 0 Å². The highest BCUT2D eigenvalue weighted by atomic mass is 35.5. The zero-order valence-electron chi connectivity index (χ0n) is 15.8. The minimum Gasteiger partial charge on any atom is -0.378 e. The summed E-state index contributed by atoms with van der Waals surface area (Å²) in [6, 6.07) is -0.189. The summed E-state index contributed by atoms with van der Waals surface area (Å²) < 4.78 is 1.71. The van der Waals surface area contributed by atoms with Crippen LogP contribution in [-0.2, 0) is 11.8 Å². The van der Waals surface area contributed by atoms with Crippen molar-refractivity contribution in [3.05, 3.63) is 35.8 Å². The Bertz CT molecular complexity index is 1070. The fraction of sp³-hybridized carbons (Fsp3) is 0.368. The molecule has 28 heavy (non-hydrogen) atoms. The van der Waals surface area contributed by atoms with Gasteiger partial charge in [0.2, 0.25) is 5.91 Å². The lowest BCUT2D eigenvalue weighted by molar-refractivity contribution is -0.123. The minimum atomic E-state index is -0.347. The number of aryl methyl sites for hydroxylation is 1. The molecule has 0 aromatic carbocycles. The number of carbonyl (C=O) groups is 1. The van der Waals surface area contributed by atoms with E-state index in [1.165, 1.54) is 0 Å². The summed E-state index contributed by atoms with van der Waals surface area (Å²) in [5.74, 6) is 0.115. The average molecular weight is 400 g/mol. The Morgan fingerprint density at radius 2 is 2.04 bits per heavy atom. The minimum absolute atomic E-state index is 0.0371. The second-order valence-electron chi connectivity index (χ2n) is 7.37. The molecule has 4 rings (SSSR count). The van der Waals surface area contributed by atoms with E-state index in [1.54, 1.807) is 17.1 Å². The molecule has 0 fully saturated rings. The largest absolute Gasteiger partial charge is 0.378 e. The number of amides is 1. The molecule has 0 spiro atoms. The highest BCUT2D eigenvalue weighted by Gasteiger charge is 2.37. The van der Waals surface area contributed by atoms with Crippen molar-refractivity contribution in [2.45, 2.75) is 19.9 Å². The molecule has 1 aliphatic carbocycles. The number of nitrogens with zero attached hydrogens (tertiary/aromatic N) is 4. The van der Waals surface area contributed by atoms with Gasteiger partial charge in [0.15, 0.2) is 5.65 Å². The Morgan fingerprint density at radius 1 is 1.29 bits per heavy atom. The number of imidazole rings is 1. The highest BCUT2D eigenvalue weighted by Crippen LogP contribution is 2.36. The predicted octanol–water partition coefficient (Wildman–Crippen LogP) is 2.74. The van der Waals surface area contributed by atoms with Crippen molar-refractivity contribution in [2.75, 3.05) is 5.32 Å². The number of aromatic nitrogens is 5. The third-order valence-corrected chi connectivity index (χ3v) is 5.62. The molecule has 1 aliphatic rings. The van der Waals surface area contributed by atoms with Crippen molar-refractivity contribution < 1.29 is 4.79 Å². The first kappa shape index (κ1) is 18.5. The molecule has 3 aromatic heterocycles. The van der Waals surface area contributed by atoms with Gasteiger partial charge in [0, 0.05) is 19.3 Å². The van der Waals surface area contributed by atoms with Crippen LogP contribution in [0, 0.1) is 17.8 Å². The Labute approximate surface area is 167 Å². The molecular weight excluding hydrogens is 378 g/mol. The number of primary amides is 1. The smallest absolute Gasteiger partial charge is 0.223 e. The molecule has 8 nitrogen and oxygen atoms in total. The summed E-state index contributed by atoms with van der Waals surface area (Å²) in [5.41, 5.74) is 8.44. The molecule has 3 aromatic rings. The van der Waals surface area contributed by atoms with Gasteiger partial charge in [-0.2, -0.15) is 5.10 Å². The average Bonchev–Trinajstić information content (AvgIpc) is 3.26. The molecule has 0 unspecified atom stereocenters. The van der Waals surface area contributed by atoms with E-state index in [-0.39, 0.29) is 29.7 Å². The number of halogens is 1. The van der Waals surface area contributed by atoms with Gasteiger partial charge < -0.3 is 16.0 Å². The van der Waals surface area contributed by atoms with Crippen LogP contribution < -0.4 is 11.1 Å². The maximum absolute atomic E-state index is 12.1. The number of hydrogen-bond donors (Lipinski definition) is 3. The maximum atomic E-state index is 12.1. The van der Waals surface area contributed by atoms with Crippen molar-refractivity contribution in [1.29, 1.82) is 0 Å². The first-order chi connectivity index (χ1) is 13.3. The molecule has 146 valence electrons. The molecule has 0 radical (unpaired) electrons. The van der Waals surface area contributed by atoms with Crippen LogP contribution in [0.1, 0.15) is 13.8 Å². The van der Waals surface area contributed by atoms with Gasteiger partial charge in [-0.3, -0.25) is 9.48 Å². The zero-order valence-corrected chi connectivity index (χ0v) is 16.6. The number of carbonyl (C=O) groups excluding carboxylic acids is 1. The van der Waals surface area contributed by atoms with Crippen LogP contribution in [0.5, 0.6) is 0 Å². The molecule has 0 saturated carbocycles. The van der Waals surface area contributed by atoms with Gasteiger partial charge >= 0.3 is 0 Å². The molecule has 0 aliphatic heterocycles. The van der Waals surface area contributed by atoms with Crippen LogP contribution in [0.3, 0.4) is 0 Å². The number of hydrogen-bond acceptors (Lipinski definition) is 5. The number of nitrogens with one attached hydrogen (secondary N) is 2. The highest BCUT2D eigenvalue weighted by molar-refractivity contribution is 6.34. The van der Waals surface area contributed by atoms with E-state index < -0.39 is 0 Å². The lowest BCUT2D eigenvalue weighted by Crippen LogP contribution is -2.46. The van der Waals surface area contributed by atoms with E-state index in [9.17, 15) is 4.79 Å². The monoisotopic (exact) mass is 399 g/mol. The van der Waals surface area contributed by atoms with Crippen LogP contribution >= 0.6 is 11.6 Å². The van der Waals surface area contributed by atoms with Gasteiger partial charge in [0.05, 0.1) is 34.6 Å². The van der Waals surface area contributed by atoms with E-state index in [0.717, 1.165) is 5.56 Å². The van der Waals surface area contributed by atoms with Crippen molar-refractivity contribution in [1.82, 2.24) is 24.7 Å². The Kier molecular flexibility index (Phi) is 4.58. The van der Waals surface area contributed by atoms with Gasteiger partial charge in [-0.05, 0) is 11.8 Å². The van der Waals surface area contributed by atoms with Crippen molar-refractivity contribution in [3.8, 4) is 11.4 Å². The summed E-state index contributed by atoms with van der Waals surface area (Å²) >= 11 is 6.47. The first-order valence-electron chi connectivity index (χ1n) is 9.12. The zero-order chi connectivity index (χ0) is 20.0. The van der Waals surface area contributed by atoms with Gasteiger partial charge in [-0.25, -0.2) is 9.97 Å². The normalized spacial score (nSPS) is 24.6. The van der Waals surface area contributed by atoms with E-state index in [4.69, 9.17) is 17.3 Å². The standard InChI is InChI=1S/C19H22ClN7O/c1-9-4-5-10(2)14(13(9)17(21)28)24-15-12(20)7-22-19-16(15)25-18(26-19)11-6-23-27(3)8-11/h4-10,13-14H,1-3H3,(H2,21,28)(H2,22,24,25,26)/t9-,10+,13-,14+/m0/s1. The third-order valence-electron chi connectivity index (χ3n) is 5.33. The van der Waals surface area contributed by atoms with Gasteiger partial charge in [0.1, 0.15) is 11.3 Å². The van der Waals surface area contributed by atoms with Crippen LogP contribution in [0.15, 0.2) is 30.7 Å². The molecule has 4 atom stereocenters. The third kappa shape index (κ3) is 3.13. The lowest BCUT2D eigenvalue weighted by Gasteiger charge is -2.36. The summed E-state index contributed by atoms with van der Waals surface area (Å²) in [4.78, 5) is 24.3. The number of rotatable bonds is 4. The summed E-state index contributed by atoms with van der Waals surface area (Å²) in [7, 11) is 1.84. The first-order valence-corrected chi connectivity index (χ1v) is 9.50. The Morgan fingerprint density at radius 3 is 2.71 bits per heavy atom. The number of aromatic amines is 1. The maximum Gasteiger partial charge on any atom is 0.223 e. The quantitative estimate of drug-likeness (QED) is 0.583. The number of pyridine rings is 1. The Hall–Kier alpha value is -2.87. The predicted molar refractivity (Wildman–Crippen MR) is 109 cm³/mol. The second kappa shape index (κ2) is 6.94. The van der Waals surface area contributed by atoms with E-state index in [2.05, 4.69) is 38.4 Å². The number of anilines is 1. The van der Waals surface area contributed by atoms with Crippen molar-refractivity contribution in [3.63, 3.8) is 0 Å².